The van der Waals surface area contributed by atoms with Gasteiger partial charge in [0.05, 0.1) is 0 Å². The smallest absolute Gasteiger partial charge is 0.00961 e. The first kappa shape index (κ1) is 12.3. The van der Waals surface area contributed by atoms with Gasteiger partial charge in [0, 0.05) is 0 Å². The minimum atomic E-state index is 1.21. The van der Waals surface area contributed by atoms with Gasteiger partial charge in [0.2, 0.25) is 0 Å². The molecule has 1 rings (SSSR count). The molecule has 0 heterocycles. The first-order valence-corrected chi connectivity index (χ1v) is 6.30. The average molecular weight is 202 g/mol. The molecule has 0 aliphatic carbocycles. The van der Waals surface area contributed by atoms with E-state index in [-0.39, 0.29) is 0 Å². The number of hydrogen-bond donors (Lipinski definition) is 0. The Kier molecular flexibility index (Phi) is 6.98. The molecule has 2 radical (unpaired) electrons. The molecule has 0 nitrogen and oxygen atoms in total. The molecule has 0 aromatic heterocycles. The Labute approximate surface area is 94.7 Å². The SMILES string of the molecule is CCCCCCCCCc1c[c][c]cc1. The molecule has 0 N–H and O–H groups in total. The Hall–Kier alpha value is -0.780. The van der Waals surface area contributed by atoms with Crippen molar-refractivity contribution in [1.82, 2.24) is 0 Å². The number of rotatable bonds is 8. The maximum absolute atomic E-state index is 3.00. The molecule has 0 saturated heterocycles. The third-order valence-corrected chi connectivity index (χ3v) is 2.79. The van der Waals surface area contributed by atoms with E-state index in [0.717, 1.165) is 0 Å². The monoisotopic (exact) mass is 202 g/mol. The molecular formula is C15H22. The van der Waals surface area contributed by atoms with Crippen molar-refractivity contribution in [1.29, 1.82) is 0 Å². The van der Waals surface area contributed by atoms with E-state index in [4.69, 9.17) is 0 Å². The molecule has 0 spiro atoms. The highest BCUT2D eigenvalue weighted by atomic mass is 14.0. The second kappa shape index (κ2) is 8.52. The van der Waals surface area contributed by atoms with Crippen LogP contribution in [0.1, 0.15) is 57.4 Å². The third-order valence-electron chi connectivity index (χ3n) is 2.79. The van der Waals surface area contributed by atoms with Gasteiger partial charge in [-0.25, -0.2) is 0 Å². The van der Waals surface area contributed by atoms with Crippen molar-refractivity contribution in [2.45, 2.75) is 58.3 Å². The van der Waals surface area contributed by atoms with E-state index in [9.17, 15) is 0 Å². The van der Waals surface area contributed by atoms with Crippen LogP contribution < -0.4 is 0 Å². The Morgan fingerprint density at radius 1 is 0.933 bits per heavy atom. The van der Waals surface area contributed by atoms with Gasteiger partial charge in [-0.2, -0.15) is 0 Å². The molecule has 0 bridgehead atoms. The van der Waals surface area contributed by atoms with E-state index in [0.29, 0.717) is 0 Å². The fraction of sp³-hybridized carbons (Fsp3) is 0.600. The van der Waals surface area contributed by atoms with E-state index in [1.165, 1.54) is 56.9 Å². The van der Waals surface area contributed by atoms with E-state index in [1.807, 2.05) is 6.07 Å². The fourth-order valence-corrected chi connectivity index (χ4v) is 1.82. The topological polar surface area (TPSA) is 0 Å². The van der Waals surface area contributed by atoms with Crippen LogP contribution in [0.4, 0.5) is 0 Å². The van der Waals surface area contributed by atoms with Crippen LogP contribution in [-0.2, 0) is 6.42 Å². The summed E-state index contributed by atoms with van der Waals surface area (Å²) in [6.45, 7) is 2.27. The Bertz CT molecular complexity index is 225. The predicted molar refractivity (Wildman–Crippen MR) is 65.8 cm³/mol. The molecule has 15 heavy (non-hydrogen) atoms. The zero-order valence-electron chi connectivity index (χ0n) is 9.89. The molecule has 0 aliphatic rings. The van der Waals surface area contributed by atoms with Crippen LogP contribution >= 0.6 is 0 Å². The van der Waals surface area contributed by atoms with Gasteiger partial charge < -0.3 is 0 Å². The quantitative estimate of drug-likeness (QED) is 0.541. The highest BCUT2D eigenvalue weighted by Crippen LogP contribution is 2.09. The summed E-state index contributed by atoms with van der Waals surface area (Å²) in [6, 6.07) is 12.1. The summed E-state index contributed by atoms with van der Waals surface area (Å²) in [5.74, 6) is 0. The zero-order chi connectivity index (χ0) is 10.8. The number of hydrogen-bond acceptors (Lipinski definition) is 0. The molecule has 1 aromatic rings. The summed E-state index contributed by atoms with van der Waals surface area (Å²) in [5, 5.41) is 0. The molecule has 0 amide bonds. The van der Waals surface area contributed by atoms with Gasteiger partial charge in [0.25, 0.3) is 0 Å². The fourth-order valence-electron chi connectivity index (χ4n) is 1.82. The lowest BCUT2D eigenvalue weighted by Gasteiger charge is -2.01. The maximum Gasteiger partial charge on any atom is -0.00961 e. The highest BCUT2D eigenvalue weighted by Gasteiger charge is 1.93. The van der Waals surface area contributed by atoms with Crippen LogP contribution in [0.5, 0.6) is 0 Å². The highest BCUT2D eigenvalue weighted by molar-refractivity contribution is 5.12. The van der Waals surface area contributed by atoms with Gasteiger partial charge in [0.1, 0.15) is 0 Å². The summed E-state index contributed by atoms with van der Waals surface area (Å²) in [4.78, 5) is 0. The summed E-state index contributed by atoms with van der Waals surface area (Å²) in [7, 11) is 0. The number of benzene rings is 1. The molecule has 0 atom stereocenters. The summed E-state index contributed by atoms with van der Waals surface area (Å²) in [6.07, 6.45) is 10.9. The Morgan fingerprint density at radius 2 is 1.67 bits per heavy atom. The molecule has 82 valence electrons. The van der Waals surface area contributed by atoms with E-state index in [1.54, 1.807) is 0 Å². The van der Waals surface area contributed by atoms with E-state index >= 15 is 0 Å². The van der Waals surface area contributed by atoms with E-state index in [2.05, 4.69) is 31.2 Å². The summed E-state index contributed by atoms with van der Waals surface area (Å²) in [5.41, 5.74) is 1.40. The molecular weight excluding hydrogens is 180 g/mol. The summed E-state index contributed by atoms with van der Waals surface area (Å²) < 4.78 is 0. The van der Waals surface area contributed by atoms with Crippen molar-refractivity contribution in [2.75, 3.05) is 0 Å². The van der Waals surface area contributed by atoms with Crippen molar-refractivity contribution in [3.8, 4) is 0 Å². The van der Waals surface area contributed by atoms with Crippen molar-refractivity contribution in [3.05, 3.63) is 35.9 Å². The maximum atomic E-state index is 3.00. The second-order valence-corrected chi connectivity index (χ2v) is 4.21. The lowest BCUT2D eigenvalue weighted by Crippen LogP contribution is -1.85. The standard InChI is InChI=1S/C15H22/c1-2-3-4-5-6-7-9-12-15-13-10-8-11-14-15/h10,13-14H,2-7,9,12H2,1H3. The molecule has 0 saturated carbocycles. The lowest BCUT2D eigenvalue weighted by atomic mass is 10.0. The van der Waals surface area contributed by atoms with Gasteiger partial charge in [-0.05, 0) is 30.5 Å². The van der Waals surface area contributed by atoms with Gasteiger partial charge >= 0.3 is 0 Å². The minimum Gasteiger partial charge on any atom is -0.0654 e. The van der Waals surface area contributed by atoms with Crippen molar-refractivity contribution in [2.24, 2.45) is 0 Å². The Morgan fingerprint density at radius 3 is 2.33 bits per heavy atom. The van der Waals surface area contributed by atoms with Gasteiger partial charge in [-0.3, -0.25) is 0 Å². The molecule has 1 aromatic carbocycles. The largest absolute Gasteiger partial charge is 0.0654 e. The van der Waals surface area contributed by atoms with Crippen LogP contribution in [0, 0.1) is 12.1 Å². The first-order chi connectivity index (χ1) is 7.43. The average Bonchev–Trinajstić information content (AvgIpc) is 2.29. The number of aryl methyl sites for hydroxylation is 1. The molecule has 0 unspecified atom stereocenters. The minimum absolute atomic E-state index is 1.21. The number of unbranched alkanes of at least 4 members (excludes halogenated alkanes) is 6. The van der Waals surface area contributed by atoms with Crippen molar-refractivity contribution in [3.63, 3.8) is 0 Å². The van der Waals surface area contributed by atoms with Gasteiger partial charge in [-0.1, -0.05) is 63.6 Å². The Balaban J connectivity index is 1.93. The third kappa shape index (κ3) is 6.33. The van der Waals surface area contributed by atoms with Crippen molar-refractivity contribution < 1.29 is 0 Å². The molecule has 0 fully saturated rings. The van der Waals surface area contributed by atoms with Crippen LogP contribution in [0.25, 0.3) is 0 Å². The van der Waals surface area contributed by atoms with Gasteiger partial charge in [-0.15, -0.1) is 0 Å². The van der Waals surface area contributed by atoms with Crippen molar-refractivity contribution >= 4 is 0 Å². The zero-order valence-corrected chi connectivity index (χ0v) is 9.89. The predicted octanol–water partition coefficient (Wildman–Crippen LogP) is 4.58. The normalized spacial score (nSPS) is 10.5. The second-order valence-electron chi connectivity index (χ2n) is 4.21. The van der Waals surface area contributed by atoms with Crippen LogP contribution in [0.15, 0.2) is 18.2 Å². The summed E-state index contributed by atoms with van der Waals surface area (Å²) >= 11 is 0. The van der Waals surface area contributed by atoms with Crippen LogP contribution in [0.2, 0.25) is 0 Å². The first-order valence-electron chi connectivity index (χ1n) is 6.30. The molecule has 0 heteroatoms. The van der Waals surface area contributed by atoms with Crippen LogP contribution in [-0.4, -0.2) is 0 Å². The lowest BCUT2D eigenvalue weighted by molar-refractivity contribution is 0.589. The van der Waals surface area contributed by atoms with Crippen LogP contribution in [0.3, 0.4) is 0 Å². The van der Waals surface area contributed by atoms with Gasteiger partial charge in [0.15, 0.2) is 0 Å². The van der Waals surface area contributed by atoms with E-state index < -0.39 is 0 Å². The molecule has 0 aliphatic heterocycles.